The van der Waals surface area contributed by atoms with Gasteiger partial charge in [-0.1, -0.05) is 69.2 Å². The normalized spacial score (nSPS) is 15.5. The lowest BCUT2D eigenvalue weighted by atomic mass is 9.75. The van der Waals surface area contributed by atoms with Gasteiger partial charge in [0.05, 0.1) is 12.7 Å². The van der Waals surface area contributed by atoms with Crippen LogP contribution in [0, 0.1) is 28.6 Å². The molecule has 2 heteroatoms. The summed E-state index contributed by atoms with van der Waals surface area (Å²) in [7, 11) is 3.58. The van der Waals surface area contributed by atoms with Crippen molar-refractivity contribution < 1.29 is 9.47 Å². The molecule has 0 amide bonds. The predicted octanol–water partition coefficient (Wildman–Crippen LogP) is 6.04. The van der Waals surface area contributed by atoms with Crippen molar-refractivity contribution in [2.75, 3.05) is 20.8 Å². The van der Waals surface area contributed by atoms with Crippen LogP contribution >= 0.6 is 0 Å². The van der Waals surface area contributed by atoms with Gasteiger partial charge in [-0.15, -0.1) is 0 Å². The molecule has 2 nitrogen and oxygen atoms in total. The molecule has 2 unspecified atom stereocenters. The highest BCUT2D eigenvalue weighted by Gasteiger charge is 2.30. The van der Waals surface area contributed by atoms with Gasteiger partial charge in [0.15, 0.2) is 0 Å². The van der Waals surface area contributed by atoms with Crippen LogP contribution in [0.1, 0.15) is 75.7 Å². The van der Waals surface area contributed by atoms with Crippen molar-refractivity contribution in [3.63, 3.8) is 0 Å². The van der Waals surface area contributed by atoms with Gasteiger partial charge in [0, 0.05) is 14.2 Å². The smallest absolute Gasteiger partial charge is 0.0644 e. The van der Waals surface area contributed by atoms with Gasteiger partial charge >= 0.3 is 0 Å². The number of methoxy groups -OCH3 is 2. The van der Waals surface area contributed by atoms with E-state index in [1.54, 1.807) is 7.11 Å². The second-order valence-corrected chi connectivity index (χ2v) is 8.70. The van der Waals surface area contributed by atoms with E-state index in [0.717, 1.165) is 12.5 Å². The first-order valence-corrected chi connectivity index (χ1v) is 8.89. The van der Waals surface area contributed by atoms with Crippen LogP contribution in [0.25, 0.3) is 0 Å². The summed E-state index contributed by atoms with van der Waals surface area (Å²) in [6.07, 6.45) is 1.55. The van der Waals surface area contributed by atoms with Crippen molar-refractivity contribution in [3.05, 3.63) is 0 Å². The molecule has 0 aromatic carbocycles. The summed E-state index contributed by atoms with van der Waals surface area (Å²) in [5, 5.41) is 0. The highest BCUT2D eigenvalue weighted by molar-refractivity contribution is 4.79. The summed E-state index contributed by atoms with van der Waals surface area (Å²) in [6, 6.07) is 0. The number of ether oxygens (including phenoxy) is 2. The maximum Gasteiger partial charge on any atom is 0.0644 e. The van der Waals surface area contributed by atoms with E-state index in [2.05, 4.69) is 69.2 Å². The number of rotatable bonds is 8. The molecular weight excluding hydrogens is 272 g/mol. The van der Waals surface area contributed by atoms with Crippen LogP contribution in [0.3, 0.4) is 0 Å². The lowest BCUT2D eigenvalue weighted by molar-refractivity contribution is -0.0266. The van der Waals surface area contributed by atoms with Crippen LogP contribution in [-0.2, 0) is 9.47 Å². The van der Waals surface area contributed by atoms with E-state index in [1.165, 1.54) is 6.42 Å². The zero-order valence-electron chi connectivity index (χ0n) is 17.5. The third-order valence-corrected chi connectivity index (χ3v) is 5.29. The first kappa shape index (κ1) is 24.2. The molecule has 0 bridgehead atoms. The summed E-state index contributed by atoms with van der Waals surface area (Å²) in [4.78, 5) is 0. The molecule has 2 atom stereocenters. The number of hydrogen-bond acceptors (Lipinski definition) is 2. The molecule has 0 aliphatic heterocycles. The first-order valence-electron chi connectivity index (χ1n) is 8.89. The SMILES string of the molecule is CCC(C)(C)C(OC)C(C)C.COCC(C)(C)C(C)C(C)C. The van der Waals surface area contributed by atoms with Crippen LogP contribution in [0.4, 0.5) is 0 Å². The van der Waals surface area contributed by atoms with Crippen LogP contribution in [0.15, 0.2) is 0 Å². The molecule has 136 valence electrons. The Kier molecular flexibility index (Phi) is 11.7. The van der Waals surface area contributed by atoms with E-state index < -0.39 is 0 Å². The van der Waals surface area contributed by atoms with Gasteiger partial charge in [-0.05, 0) is 35.0 Å². The Bertz CT molecular complexity index is 265. The Morgan fingerprint density at radius 1 is 0.773 bits per heavy atom. The summed E-state index contributed by atoms with van der Waals surface area (Å²) >= 11 is 0. The largest absolute Gasteiger partial charge is 0.384 e. The average molecular weight is 317 g/mol. The average Bonchev–Trinajstić information content (AvgIpc) is 2.38. The maximum absolute atomic E-state index is 5.47. The van der Waals surface area contributed by atoms with Crippen molar-refractivity contribution in [3.8, 4) is 0 Å². The fraction of sp³-hybridized carbons (Fsp3) is 1.00. The van der Waals surface area contributed by atoms with E-state index in [4.69, 9.17) is 9.47 Å². The van der Waals surface area contributed by atoms with Gasteiger partial charge in [-0.3, -0.25) is 0 Å². The van der Waals surface area contributed by atoms with Gasteiger partial charge in [0.25, 0.3) is 0 Å². The Balaban J connectivity index is 0. The molecule has 0 aliphatic carbocycles. The van der Waals surface area contributed by atoms with E-state index in [0.29, 0.717) is 28.8 Å². The molecule has 0 aromatic heterocycles. The van der Waals surface area contributed by atoms with E-state index in [1.807, 2.05) is 7.11 Å². The summed E-state index contributed by atoms with van der Waals surface area (Å²) in [6.45, 7) is 23.4. The minimum Gasteiger partial charge on any atom is -0.384 e. The maximum atomic E-state index is 5.47. The molecule has 22 heavy (non-hydrogen) atoms. The van der Waals surface area contributed by atoms with Gasteiger partial charge in [0.2, 0.25) is 0 Å². The second-order valence-electron chi connectivity index (χ2n) is 8.70. The predicted molar refractivity (Wildman–Crippen MR) is 99.4 cm³/mol. The molecule has 0 radical (unpaired) electrons. The van der Waals surface area contributed by atoms with Crippen LogP contribution in [-0.4, -0.2) is 26.9 Å². The van der Waals surface area contributed by atoms with Crippen LogP contribution < -0.4 is 0 Å². The number of hydrogen-bond donors (Lipinski definition) is 0. The zero-order valence-corrected chi connectivity index (χ0v) is 17.5. The minimum atomic E-state index is 0.308. The lowest BCUT2D eigenvalue weighted by Crippen LogP contribution is -2.34. The monoisotopic (exact) mass is 316 g/mol. The van der Waals surface area contributed by atoms with Gasteiger partial charge < -0.3 is 9.47 Å². The van der Waals surface area contributed by atoms with Gasteiger partial charge in [-0.25, -0.2) is 0 Å². The Morgan fingerprint density at radius 2 is 1.23 bits per heavy atom. The lowest BCUT2D eigenvalue weighted by Gasteiger charge is -2.35. The van der Waals surface area contributed by atoms with Crippen molar-refractivity contribution in [2.45, 2.75) is 81.8 Å². The highest BCUT2D eigenvalue weighted by atomic mass is 16.5. The topological polar surface area (TPSA) is 18.5 Å². The van der Waals surface area contributed by atoms with Crippen molar-refractivity contribution in [1.29, 1.82) is 0 Å². The van der Waals surface area contributed by atoms with E-state index in [-0.39, 0.29) is 0 Å². The first-order chi connectivity index (χ1) is 9.87. The second kappa shape index (κ2) is 10.6. The van der Waals surface area contributed by atoms with Gasteiger partial charge in [0.1, 0.15) is 0 Å². The molecule has 0 saturated carbocycles. The molecule has 0 spiro atoms. The summed E-state index contributed by atoms with van der Waals surface area (Å²) < 4.78 is 10.6. The Labute approximate surface area is 141 Å². The fourth-order valence-corrected chi connectivity index (χ4v) is 3.10. The van der Waals surface area contributed by atoms with Gasteiger partial charge in [-0.2, -0.15) is 0 Å². The molecule has 0 rings (SSSR count). The molecular formula is C20H44O2. The Morgan fingerprint density at radius 3 is 1.41 bits per heavy atom. The zero-order chi connectivity index (χ0) is 18.1. The molecule has 0 heterocycles. The quantitative estimate of drug-likeness (QED) is 0.543. The Hall–Kier alpha value is -0.0800. The van der Waals surface area contributed by atoms with Crippen molar-refractivity contribution in [2.24, 2.45) is 28.6 Å². The molecule has 0 aliphatic rings. The summed E-state index contributed by atoms with van der Waals surface area (Å²) in [5.74, 6) is 2.05. The molecule has 0 aromatic rings. The third-order valence-electron chi connectivity index (χ3n) is 5.29. The van der Waals surface area contributed by atoms with Crippen molar-refractivity contribution >= 4 is 0 Å². The standard InChI is InChI=1S/2C10H22O/c1-8(2)9(3)10(4,5)7-11-6;1-7-10(4,5)9(11-6)8(2)3/h2*8-9H,7H2,1-6H3. The molecule has 0 N–H and O–H groups in total. The van der Waals surface area contributed by atoms with Crippen LogP contribution in [0.5, 0.6) is 0 Å². The summed E-state index contributed by atoms with van der Waals surface area (Å²) in [5.41, 5.74) is 0.617. The van der Waals surface area contributed by atoms with E-state index in [9.17, 15) is 0 Å². The van der Waals surface area contributed by atoms with E-state index >= 15 is 0 Å². The van der Waals surface area contributed by atoms with Crippen molar-refractivity contribution in [1.82, 2.24) is 0 Å². The highest BCUT2D eigenvalue weighted by Crippen LogP contribution is 2.32. The minimum absolute atomic E-state index is 0.308. The molecule has 0 saturated heterocycles. The fourth-order valence-electron chi connectivity index (χ4n) is 3.10. The van der Waals surface area contributed by atoms with Crippen LogP contribution in [0.2, 0.25) is 0 Å². The third kappa shape index (κ3) is 8.53. The molecule has 0 fully saturated rings.